The maximum absolute atomic E-state index is 12.2. The first-order chi connectivity index (χ1) is 26.2. The molecule has 0 saturated heterocycles. The first-order valence-electron chi connectivity index (χ1n) is 20.4. The minimum absolute atomic E-state index is 0.225. The van der Waals surface area contributed by atoms with Gasteiger partial charge in [-0.15, -0.1) is 0 Å². The molecule has 0 aliphatic carbocycles. The Balaban J connectivity index is 3.72. The number of esters is 1. The summed E-state index contributed by atoms with van der Waals surface area (Å²) < 4.78 is 11.0. The third kappa shape index (κ3) is 42.6. The molecule has 0 radical (unpaired) electrons. The highest BCUT2D eigenvalue weighted by Gasteiger charge is 2.13. The normalized spacial score (nSPS) is 13.9. The van der Waals surface area contributed by atoms with Crippen LogP contribution in [0.5, 0.6) is 0 Å². The predicted octanol–water partition coefficient (Wildman–Crippen LogP) is 13.6. The van der Waals surface area contributed by atoms with E-state index in [0.29, 0.717) is 13.0 Å². The Morgan fingerprint density at radius 3 is 1.11 bits per heavy atom. The van der Waals surface area contributed by atoms with Gasteiger partial charge in [0.2, 0.25) is 0 Å². The van der Waals surface area contributed by atoms with Crippen LogP contribution in [0.4, 0.5) is 0 Å². The van der Waals surface area contributed by atoms with Gasteiger partial charge < -0.3 is 14.6 Å². The van der Waals surface area contributed by atoms with Gasteiger partial charge in [0.25, 0.3) is 0 Å². The maximum Gasteiger partial charge on any atom is 0.306 e. The number of hydrogen-bond donors (Lipinski definition) is 1. The maximum atomic E-state index is 12.2. The lowest BCUT2D eigenvalue weighted by Gasteiger charge is -2.15. The van der Waals surface area contributed by atoms with Crippen LogP contribution >= 0.6 is 0 Å². The van der Waals surface area contributed by atoms with E-state index >= 15 is 0 Å². The molecule has 1 atom stereocenters. The second kappa shape index (κ2) is 44.4. The molecule has 0 aliphatic heterocycles. The quantitative estimate of drug-likeness (QED) is 0.0401. The van der Waals surface area contributed by atoms with Crippen LogP contribution < -0.4 is 0 Å². The molecule has 0 bridgehead atoms. The molecule has 0 aliphatic rings. The van der Waals surface area contributed by atoms with Crippen LogP contribution in [0.1, 0.15) is 129 Å². The number of hydrogen-bond acceptors (Lipinski definition) is 4. The van der Waals surface area contributed by atoms with Crippen LogP contribution in [0.25, 0.3) is 0 Å². The predicted molar refractivity (Wildman–Crippen MR) is 232 cm³/mol. The summed E-state index contributed by atoms with van der Waals surface area (Å²) in [5.74, 6) is -0.270. The fourth-order valence-electron chi connectivity index (χ4n) is 4.70. The smallest absolute Gasteiger partial charge is 0.306 e. The van der Waals surface area contributed by atoms with Crippen LogP contribution in [0, 0.1) is 0 Å². The molecule has 53 heavy (non-hydrogen) atoms. The van der Waals surface area contributed by atoms with Crippen LogP contribution in [0.2, 0.25) is 0 Å². The van der Waals surface area contributed by atoms with Gasteiger partial charge in [-0.05, 0) is 109 Å². The summed E-state index contributed by atoms with van der Waals surface area (Å²) in [7, 11) is 0. The van der Waals surface area contributed by atoms with Gasteiger partial charge in [-0.1, -0.05) is 160 Å². The van der Waals surface area contributed by atoms with Crippen molar-refractivity contribution in [2.75, 3.05) is 19.8 Å². The van der Waals surface area contributed by atoms with Crippen molar-refractivity contribution in [1.82, 2.24) is 0 Å². The standard InChI is InChI=1S/C49H74O4/c1-3-5-7-9-11-13-15-17-19-21-23-25-26-28-30-32-34-36-38-40-42-44-49(51)53-48(46-50)47-52-45-43-41-39-37-35-33-31-29-27-24-22-20-18-16-14-12-10-8-6-4-2/h5-8,11-14,17-20,23-25,27-28,30-31,33-34,36-37,39,48,50H,3-4,9-10,15-16,21-22,26,29,32,35,38,40-47H2,1-2H3/b7-5-,8-6-,13-11-,14-12-,19-17-,20-18-,25-23-,27-24-,30-28-,33-31-,36-34-,39-37-. The van der Waals surface area contributed by atoms with Gasteiger partial charge in [-0.2, -0.15) is 0 Å². The molecule has 4 nitrogen and oxygen atoms in total. The second-order valence-corrected chi connectivity index (χ2v) is 12.6. The zero-order valence-corrected chi connectivity index (χ0v) is 33.5. The molecule has 0 fully saturated rings. The molecule has 0 rings (SSSR count). The van der Waals surface area contributed by atoms with Crippen molar-refractivity contribution in [2.45, 2.75) is 136 Å². The van der Waals surface area contributed by atoms with E-state index in [9.17, 15) is 9.90 Å². The molecule has 0 aromatic carbocycles. The number of aliphatic hydroxyl groups excluding tert-OH is 1. The van der Waals surface area contributed by atoms with Gasteiger partial charge in [0.05, 0.1) is 13.2 Å². The fourth-order valence-corrected chi connectivity index (χ4v) is 4.70. The minimum Gasteiger partial charge on any atom is -0.457 e. The number of carbonyl (C=O) groups excluding carboxylic acids is 1. The molecule has 0 spiro atoms. The first kappa shape index (κ1) is 49.3. The molecule has 1 N–H and O–H groups in total. The number of unbranched alkanes of at least 4 members (excludes halogenated alkanes) is 3. The van der Waals surface area contributed by atoms with Gasteiger partial charge >= 0.3 is 5.97 Å². The third-order valence-electron chi connectivity index (χ3n) is 7.66. The highest BCUT2D eigenvalue weighted by molar-refractivity contribution is 5.69. The van der Waals surface area contributed by atoms with E-state index in [2.05, 4.69) is 160 Å². The van der Waals surface area contributed by atoms with Crippen molar-refractivity contribution in [3.8, 4) is 0 Å². The van der Waals surface area contributed by atoms with Gasteiger partial charge in [-0.3, -0.25) is 4.79 Å². The molecular formula is C49H74O4. The van der Waals surface area contributed by atoms with Gasteiger partial charge in [0.15, 0.2) is 0 Å². The van der Waals surface area contributed by atoms with Crippen LogP contribution in [0.15, 0.2) is 146 Å². The number of aliphatic hydroxyl groups is 1. The van der Waals surface area contributed by atoms with E-state index in [1.807, 2.05) is 0 Å². The Hall–Kier alpha value is -3.73. The summed E-state index contributed by atoms with van der Waals surface area (Å²) in [6.45, 7) is 4.89. The zero-order chi connectivity index (χ0) is 38.4. The second-order valence-electron chi connectivity index (χ2n) is 12.6. The third-order valence-corrected chi connectivity index (χ3v) is 7.66. The van der Waals surface area contributed by atoms with Crippen molar-refractivity contribution in [2.24, 2.45) is 0 Å². The van der Waals surface area contributed by atoms with Gasteiger partial charge in [0.1, 0.15) is 6.10 Å². The first-order valence-corrected chi connectivity index (χ1v) is 20.4. The highest BCUT2D eigenvalue weighted by atomic mass is 16.6. The molecule has 1 unspecified atom stereocenters. The molecule has 294 valence electrons. The van der Waals surface area contributed by atoms with E-state index in [1.165, 1.54) is 0 Å². The molecule has 0 heterocycles. The number of rotatable bonds is 35. The molecule has 0 saturated carbocycles. The highest BCUT2D eigenvalue weighted by Crippen LogP contribution is 2.06. The Labute approximate surface area is 325 Å². The average molecular weight is 727 g/mol. The lowest BCUT2D eigenvalue weighted by Crippen LogP contribution is -2.27. The van der Waals surface area contributed by atoms with E-state index in [1.54, 1.807) is 0 Å². The number of allylic oxidation sites excluding steroid dienone is 24. The summed E-state index contributed by atoms with van der Waals surface area (Å²) in [5.41, 5.74) is 0. The van der Waals surface area contributed by atoms with E-state index in [-0.39, 0.29) is 19.2 Å². The Morgan fingerprint density at radius 2 is 0.774 bits per heavy atom. The number of carbonyl (C=O) groups is 1. The zero-order valence-electron chi connectivity index (χ0n) is 33.5. The van der Waals surface area contributed by atoms with Gasteiger partial charge in [-0.25, -0.2) is 0 Å². The molecule has 0 amide bonds. The summed E-state index contributed by atoms with van der Waals surface area (Å²) in [6.07, 6.45) is 69.1. The van der Waals surface area contributed by atoms with Crippen molar-refractivity contribution in [3.63, 3.8) is 0 Å². The van der Waals surface area contributed by atoms with Crippen molar-refractivity contribution in [1.29, 1.82) is 0 Å². The molecule has 0 aromatic rings. The molecular weight excluding hydrogens is 653 g/mol. The Kier molecular flexibility index (Phi) is 41.3. The number of ether oxygens (including phenoxy) is 2. The summed E-state index contributed by atoms with van der Waals surface area (Å²) in [4.78, 5) is 12.2. The Morgan fingerprint density at radius 1 is 0.453 bits per heavy atom. The lowest BCUT2D eigenvalue weighted by molar-refractivity contribution is -0.154. The largest absolute Gasteiger partial charge is 0.457 e. The van der Waals surface area contributed by atoms with E-state index < -0.39 is 6.10 Å². The van der Waals surface area contributed by atoms with Crippen LogP contribution in [-0.2, 0) is 14.3 Å². The van der Waals surface area contributed by atoms with Crippen molar-refractivity contribution < 1.29 is 19.4 Å². The van der Waals surface area contributed by atoms with Crippen LogP contribution in [-0.4, -0.2) is 37.0 Å². The lowest BCUT2D eigenvalue weighted by atomic mass is 10.2. The fraction of sp³-hybridized carbons (Fsp3) is 0.490. The summed E-state index contributed by atoms with van der Waals surface area (Å²) in [6, 6.07) is 0. The summed E-state index contributed by atoms with van der Waals surface area (Å²) >= 11 is 0. The SMILES string of the molecule is CC/C=C\C/C=C\C/C=C\C/C=C\C/C=C\C/C=C\CCCCC(=O)OC(CO)COCCC/C=C\C/C=C\C/C=C\C/C=C\C/C=C\C/C=C\CC. The van der Waals surface area contributed by atoms with Gasteiger partial charge in [0, 0.05) is 13.0 Å². The molecule has 4 heteroatoms. The van der Waals surface area contributed by atoms with E-state index in [4.69, 9.17) is 9.47 Å². The minimum atomic E-state index is -0.600. The van der Waals surface area contributed by atoms with Crippen molar-refractivity contribution >= 4 is 5.97 Å². The summed E-state index contributed by atoms with van der Waals surface area (Å²) in [5, 5.41) is 9.58. The topological polar surface area (TPSA) is 55.8 Å². The monoisotopic (exact) mass is 727 g/mol. The average Bonchev–Trinajstić information content (AvgIpc) is 3.16. The molecule has 0 aromatic heterocycles. The van der Waals surface area contributed by atoms with Crippen molar-refractivity contribution in [3.05, 3.63) is 146 Å². The Bertz CT molecular complexity index is 1170. The van der Waals surface area contributed by atoms with Crippen LogP contribution in [0.3, 0.4) is 0 Å². The van der Waals surface area contributed by atoms with E-state index in [0.717, 1.165) is 109 Å².